The van der Waals surface area contributed by atoms with Gasteiger partial charge in [0.2, 0.25) is 0 Å². The molecule has 0 aliphatic carbocycles. The van der Waals surface area contributed by atoms with E-state index in [1.54, 1.807) is 0 Å². The van der Waals surface area contributed by atoms with Crippen LogP contribution in [0.3, 0.4) is 0 Å². The number of hydrogen-bond donors (Lipinski definition) is 2. The Morgan fingerprint density at radius 1 is 1.35 bits per heavy atom. The van der Waals surface area contributed by atoms with Crippen molar-refractivity contribution in [2.24, 2.45) is 0 Å². The van der Waals surface area contributed by atoms with Crippen LogP contribution >= 0.6 is 0 Å². The Balaban J connectivity index is 2.51. The summed E-state index contributed by atoms with van der Waals surface area (Å²) in [4.78, 5) is 10.9. The van der Waals surface area contributed by atoms with E-state index in [9.17, 15) is 9.90 Å². The Bertz CT molecular complexity index is 345. The fraction of sp³-hybridized carbons (Fsp3) is 0.462. The zero-order chi connectivity index (χ0) is 12.7. The van der Waals surface area contributed by atoms with Crippen molar-refractivity contribution in [2.75, 3.05) is 13.7 Å². The van der Waals surface area contributed by atoms with Crippen molar-refractivity contribution in [2.45, 2.75) is 25.4 Å². The zero-order valence-corrected chi connectivity index (χ0v) is 9.93. The highest BCUT2D eigenvalue weighted by Gasteiger charge is 2.10. The van der Waals surface area contributed by atoms with Gasteiger partial charge in [-0.2, -0.15) is 0 Å². The van der Waals surface area contributed by atoms with Gasteiger partial charge in [-0.1, -0.05) is 24.3 Å². The molecule has 0 saturated heterocycles. The first-order chi connectivity index (χ1) is 8.17. The molecule has 0 fully saturated rings. The summed E-state index contributed by atoms with van der Waals surface area (Å²) in [6.45, 7) is 0.115. The highest BCUT2D eigenvalue weighted by atomic mass is 16.5. The van der Waals surface area contributed by atoms with Crippen molar-refractivity contribution in [3.8, 4) is 0 Å². The second-order valence-corrected chi connectivity index (χ2v) is 3.85. The van der Waals surface area contributed by atoms with Gasteiger partial charge in [0, 0.05) is 13.0 Å². The number of benzene rings is 1. The summed E-state index contributed by atoms with van der Waals surface area (Å²) in [6.07, 6.45) is 0.512. The molecule has 1 unspecified atom stereocenters. The van der Waals surface area contributed by atoms with E-state index in [-0.39, 0.29) is 19.0 Å². The van der Waals surface area contributed by atoms with Crippen molar-refractivity contribution in [3.63, 3.8) is 0 Å². The molecule has 2 N–H and O–H groups in total. The van der Waals surface area contributed by atoms with Gasteiger partial charge in [0.25, 0.3) is 0 Å². The van der Waals surface area contributed by atoms with Crippen molar-refractivity contribution in [3.05, 3.63) is 35.4 Å². The predicted octanol–water partition coefficient (Wildman–Crippen LogP) is 1.21. The molecule has 1 atom stereocenters. The number of methoxy groups -OCH3 is 1. The third-order valence-corrected chi connectivity index (χ3v) is 2.61. The summed E-state index contributed by atoms with van der Waals surface area (Å²) in [6, 6.07) is 7.36. The number of aliphatic hydroxyl groups excluding tert-OH is 2. The average molecular weight is 238 g/mol. The lowest BCUT2D eigenvalue weighted by Crippen LogP contribution is -2.05. The quantitative estimate of drug-likeness (QED) is 0.731. The molecule has 4 heteroatoms. The largest absolute Gasteiger partial charge is 0.469 e. The summed E-state index contributed by atoms with van der Waals surface area (Å²) in [7, 11) is 1.33. The Labute approximate surface area is 101 Å². The fourth-order valence-electron chi connectivity index (χ4n) is 1.56. The summed E-state index contributed by atoms with van der Waals surface area (Å²) in [5.74, 6) is -0.319. The molecule has 17 heavy (non-hydrogen) atoms. The summed E-state index contributed by atoms with van der Waals surface area (Å²) >= 11 is 0. The van der Waals surface area contributed by atoms with Crippen molar-refractivity contribution >= 4 is 5.97 Å². The second-order valence-electron chi connectivity index (χ2n) is 3.85. The maximum Gasteiger partial charge on any atom is 0.305 e. The van der Waals surface area contributed by atoms with Gasteiger partial charge in [-0.15, -0.1) is 0 Å². The molecule has 0 saturated carbocycles. The van der Waals surface area contributed by atoms with E-state index in [1.807, 2.05) is 24.3 Å². The van der Waals surface area contributed by atoms with Gasteiger partial charge < -0.3 is 14.9 Å². The predicted molar refractivity (Wildman–Crippen MR) is 63.4 cm³/mol. The normalized spacial score (nSPS) is 12.2. The topological polar surface area (TPSA) is 66.8 Å². The smallest absolute Gasteiger partial charge is 0.305 e. The molecule has 94 valence electrons. The Morgan fingerprint density at radius 3 is 2.53 bits per heavy atom. The van der Waals surface area contributed by atoms with E-state index in [0.29, 0.717) is 12.8 Å². The molecule has 0 heterocycles. The van der Waals surface area contributed by atoms with Crippen molar-refractivity contribution < 1.29 is 19.7 Å². The minimum absolute atomic E-state index is 0.115. The van der Waals surface area contributed by atoms with E-state index < -0.39 is 6.10 Å². The van der Waals surface area contributed by atoms with Gasteiger partial charge in [0.05, 0.1) is 13.2 Å². The number of hydrogen-bond acceptors (Lipinski definition) is 4. The molecule has 0 aromatic heterocycles. The third kappa shape index (κ3) is 4.54. The van der Waals surface area contributed by atoms with Gasteiger partial charge in [-0.25, -0.2) is 0 Å². The summed E-state index contributed by atoms with van der Waals surface area (Å²) in [5, 5.41) is 18.6. The third-order valence-electron chi connectivity index (χ3n) is 2.61. The van der Waals surface area contributed by atoms with E-state index in [4.69, 9.17) is 5.11 Å². The van der Waals surface area contributed by atoms with Crippen molar-refractivity contribution in [1.82, 2.24) is 0 Å². The molecule has 1 aromatic rings. The van der Waals surface area contributed by atoms with Crippen LogP contribution in [-0.4, -0.2) is 29.9 Å². The molecule has 0 aliphatic heterocycles. The minimum atomic E-state index is -0.655. The van der Waals surface area contributed by atoms with Crippen LogP contribution in [-0.2, 0) is 16.0 Å². The highest BCUT2D eigenvalue weighted by molar-refractivity contribution is 5.69. The average Bonchev–Trinajstić information content (AvgIpc) is 2.36. The van der Waals surface area contributed by atoms with Gasteiger partial charge in [-0.3, -0.25) is 4.79 Å². The monoisotopic (exact) mass is 238 g/mol. The molecule has 1 aromatic carbocycles. The lowest BCUT2D eigenvalue weighted by Gasteiger charge is -2.10. The Kier molecular flexibility index (Phi) is 5.66. The van der Waals surface area contributed by atoms with Gasteiger partial charge in [-0.05, 0) is 24.0 Å². The number of carbonyl (C=O) groups excluding carboxylic acids is 1. The molecule has 0 bridgehead atoms. The Hall–Kier alpha value is -1.39. The lowest BCUT2D eigenvalue weighted by atomic mass is 10.0. The van der Waals surface area contributed by atoms with Crippen LogP contribution in [0.15, 0.2) is 24.3 Å². The maximum atomic E-state index is 10.9. The first-order valence-electron chi connectivity index (χ1n) is 5.62. The fourth-order valence-corrected chi connectivity index (χ4v) is 1.56. The van der Waals surface area contributed by atoms with Crippen LogP contribution in [0.1, 0.15) is 30.1 Å². The van der Waals surface area contributed by atoms with E-state index in [0.717, 1.165) is 11.1 Å². The molecule has 0 radical (unpaired) electrons. The second kappa shape index (κ2) is 7.04. The van der Waals surface area contributed by atoms with E-state index in [1.165, 1.54) is 7.11 Å². The first kappa shape index (κ1) is 13.7. The maximum absolute atomic E-state index is 10.9. The molecule has 0 spiro atoms. The first-order valence-corrected chi connectivity index (χ1v) is 5.62. The molecule has 4 nitrogen and oxygen atoms in total. The van der Waals surface area contributed by atoms with E-state index in [2.05, 4.69) is 4.74 Å². The standard InChI is InChI=1S/C13H18O4/c1-17-13(16)7-6-12(15)11-4-2-10(3-5-11)8-9-14/h2-5,12,14-15H,6-9H2,1H3. The van der Waals surface area contributed by atoms with E-state index >= 15 is 0 Å². The number of carbonyl (C=O) groups is 1. The zero-order valence-electron chi connectivity index (χ0n) is 9.93. The lowest BCUT2D eigenvalue weighted by molar-refractivity contribution is -0.141. The minimum Gasteiger partial charge on any atom is -0.469 e. The summed E-state index contributed by atoms with van der Waals surface area (Å²) < 4.78 is 4.51. The molecule has 0 aliphatic rings. The number of rotatable bonds is 6. The highest BCUT2D eigenvalue weighted by Crippen LogP contribution is 2.19. The number of esters is 1. The van der Waals surface area contributed by atoms with Gasteiger partial charge in [0.1, 0.15) is 0 Å². The SMILES string of the molecule is COC(=O)CCC(O)c1ccc(CCO)cc1. The molecule has 0 amide bonds. The van der Waals surface area contributed by atoms with Crippen LogP contribution in [0, 0.1) is 0 Å². The molecule has 1 rings (SSSR count). The van der Waals surface area contributed by atoms with Crippen LogP contribution in [0.25, 0.3) is 0 Å². The Morgan fingerprint density at radius 2 is 2.00 bits per heavy atom. The van der Waals surface area contributed by atoms with Crippen LogP contribution in [0.2, 0.25) is 0 Å². The van der Waals surface area contributed by atoms with Gasteiger partial charge in [0.15, 0.2) is 0 Å². The van der Waals surface area contributed by atoms with Crippen LogP contribution in [0.5, 0.6) is 0 Å². The van der Waals surface area contributed by atoms with Crippen LogP contribution < -0.4 is 0 Å². The summed E-state index contributed by atoms with van der Waals surface area (Å²) in [5.41, 5.74) is 1.80. The molecular formula is C13H18O4. The number of aliphatic hydroxyl groups is 2. The molecular weight excluding hydrogens is 220 g/mol. The van der Waals surface area contributed by atoms with Crippen molar-refractivity contribution in [1.29, 1.82) is 0 Å². The number of ether oxygens (including phenoxy) is 1. The van der Waals surface area contributed by atoms with Crippen LogP contribution in [0.4, 0.5) is 0 Å². The van der Waals surface area contributed by atoms with Gasteiger partial charge >= 0.3 is 5.97 Å².